The third-order valence-electron chi connectivity index (χ3n) is 0.961. The lowest BCUT2D eigenvalue weighted by Crippen LogP contribution is -1.92. The number of aromatic nitrogens is 1. The van der Waals surface area contributed by atoms with Crippen LogP contribution in [0.1, 0.15) is 0 Å². The Labute approximate surface area is 80.9 Å². The quantitative estimate of drug-likeness (QED) is 0.451. The van der Waals surface area contributed by atoms with E-state index in [2.05, 4.69) is 4.98 Å². The van der Waals surface area contributed by atoms with Crippen LogP contribution in [0.25, 0.3) is 0 Å². The van der Waals surface area contributed by atoms with Crippen molar-refractivity contribution in [3.05, 3.63) is 31.0 Å². The summed E-state index contributed by atoms with van der Waals surface area (Å²) >= 11 is 7.49. The minimum atomic E-state index is -0.613. The Kier molecular flexibility index (Phi) is 2.61. The number of nitro groups is 1. The van der Waals surface area contributed by atoms with E-state index in [0.717, 1.165) is 3.57 Å². The van der Waals surface area contributed by atoms with Crippen molar-refractivity contribution >= 4 is 40.0 Å². The highest BCUT2D eigenvalue weighted by Gasteiger charge is 2.12. The van der Waals surface area contributed by atoms with Crippen LogP contribution in [-0.2, 0) is 0 Å². The fourth-order valence-electron chi connectivity index (χ4n) is 0.542. The van der Waals surface area contributed by atoms with E-state index in [1.165, 1.54) is 12.3 Å². The van der Waals surface area contributed by atoms with Gasteiger partial charge in [0.2, 0.25) is 0 Å². The first kappa shape index (κ1) is 8.66. The van der Waals surface area contributed by atoms with Gasteiger partial charge in [0, 0.05) is 0 Å². The van der Waals surface area contributed by atoms with Gasteiger partial charge in [0.1, 0.15) is 5.02 Å². The van der Waals surface area contributed by atoms with E-state index in [1.54, 1.807) is 0 Å². The molecular formula is C5H2ClIN2O2. The van der Waals surface area contributed by atoms with Gasteiger partial charge < -0.3 is 10.1 Å². The summed E-state index contributed by atoms with van der Waals surface area (Å²) in [5.74, 6) is -0.299. The van der Waals surface area contributed by atoms with Crippen LogP contribution in [0.15, 0.2) is 12.3 Å². The van der Waals surface area contributed by atoms with Gasteiger partial charge in [0.25, 0.3) is 0 Å². The summed E-state index contributed by atoms with van der Waals surface area (Å²) in [5.41, 5.74) is 0. The largest absolute Gasteiger partial charge is 0.382 e. The molecule has 1 aromatic heterocycles. The zero-order chi connectivity index (χ0) is 8.43. The van der Waals surface area contributed by atoms with Gasteiger partial charge in [-0.05, 0) is 38.6 Å². The monoisotopic (exact) mass is 284 g/mol. The fraction of sp³-hybridized carbons (Fsp3) is 0. The van der Waals surface area contributed by atoms with Crippen LogP contribution < -0.4 is 0 Å². The van der Waals surface area contributed by atoms with Gasteiger partial charge in [-0.25, -0.2) is 0 Å². The smallest absolute Gasteiger partial charge is 0.358 e. The summed E-state index contributed by atoms with van der Waals surface area (Å²) in [5, 5.41) is 10.3. The molecule has 0 aromatic carbocycles. The molecule has 4 nitrogen and oxygen atoms in total. The molecule has 0 N–H and O–H groups in total. The molecule has 6 heteroatoms. The van der Waals surface area contributed by atoms with Crippen LogP contribution in [0.4, 0.5) is 5.82 Å². The number of rotatable bonds is 1. The van der Waals surface area contributed by atoms with Crippen molar-refractivity contribution in [2.75, 3.05) is 0 Å². The Morgan fingerprint density at radius 3 is 2.82 bits per heavy atom. The van der Waals surface area contributed by atoms with Crippen molar-refractivity contribution in [2.24, 2.45) is 0 Å². The minimum Gasteiger partial charge on any atom is -0.358 e. The Hall–Kier alpha value is -0.430. The SMILES string of the molecule is O=[N+]([O-])c1ncc(I)cc1Cl. The topological polar surface area (TPSA) is 56.0 Å². The van der Waals surface area contributed by atoms with E-state index in [-0.39, 0.29) is 10.8 Å². The lowest BCUT2D eigenvalue weighted by Gasteiger charge is -1.93. The second-order valence-electron chi connectivity index (χ2n) is 1.72. The standard InChI is InChI=1S/C5H2ClIN2O2/c6-4-1-3(7)2-8-5(4)9(10)11/h1-2H. The predicted octanol–water partition coefficient (Wildman–Crippen LogP) is 2.25. The zero-order valence-corrected chi connectivity index (χ0v) is 8.03. The van der Waals surface area contributed by atoms with Gasteiger partial charge in [-0.1, -0.05) is 11.6 Å². The average molecular weight is 284 g/mol. The minimum absolute atomic E-state index is 0.0712. The molecule has 0 aliphatic rings. The van der Waals surface area contributed by atoms with Crippen LogP contribution >= 0.6 is 34.2 Å². The molecule has 1 aromatic rings. The van der Waals surface area contributed by atoms with Crippen molar-refractivity contribution in [2.45, 2.75) is 0 Å². The van der Waals surface area contributed by atoms with Gasteiger partial charge in [-0.15, -0.1) is 0 Å². The molecule has 0 unspecified atom stereocenters. The molecule has 0 bridgehead atoms. The van der Waals surface area contributed by atoms with E-state index < -0.39 is 4.92 Å². The van der Waals surface area contributed by atoms with Crippen molar-refractivity contribution < 1.29 is 4.92 Å². The summed E-state index contributed by atoms with van der Waals surface area (Å²) in [6.07, 6.45) is 1.39. The maximum Gasteiger partial charge on any atom is 0.382 e. The first-order valence-corrected chi connectivity index (χ1v) is 4.02. The van der Waals surface area contributed by atoms with E-state index in [4.69, 9.17) is 11.6 Å². The van der Waals surface area contributed by atoms with Crippen LogP contribution in [0.5, 0.6) is 0 Å². The first-order valence-electron chi connectivity index (χ1n) is 2.56. The maximum absolute atomic E-state index is 10.2. The zero-order valence-electron chi connectivity index (χ0n) is 5.12. The number of hydrogen-bond donors (Lipinski definition) is 0. The molecule has 1 rings (SSSR count). The molecule has 0 fully saturated rings. The summed E-state index contributed by atoms with van der Waals surface area (Å²) in [6.45, 7) is 0. The van der Waals surface area contributed by atoms with Crippen molar-refractivity contribution in [1.29, 1.82) is 0 Å². The van der Waals surface area contributed by atoms with Gasteiger partial charge >= 0.3 is 5.82 Å². The van der Waals surface area contributed by atoms with Crippen LogP contribution in [-0.4, -0.2) is 9.91 Å². The molecule has 1 heterocycles. The molecule has 0 amide bonds. The van der Waals surface area contributed by atoms with Gasteiger partial charge in [-0.2, -0.15) is 0 Å². The molecule has 0 spiro atoms. The molecule has 11 heavy (non-hydrogen) atoms. The van der Waals surface area contributed by atoms with Gasteiger partial charge in [-0.3, -0.25) is 0 Å². The molecule has 0 atom stereocenters. The van der Waals surface area contributed by atoms with E-state index in [1.807, 2.05) is 22.6 Å². The molecule has 58 valence electrons. The normalized spacial score (nSPS) is 9.64. The Morgan fingerprint density at radius 1 is 1.73 bits per heavy atom. The molecule has 0 radical (unpaired) electrons. The fourth-order valence-corrected chi connectivity index (χ4v) is 1.41. The third kappa shape index (κ3) is 2.00. The molecule has 0 saturated carbocycles. The third-order valence-corrected chi connectivity index (χ3v) is 1.83. The number of hydrogen-bond acceptors (Lipinski definition) is 3. The summed E-state index contributed by atoms with van der Waals surface area (Å²) in [7, 11) is 0. The van der Waals surface area contributed by atoms with E-state index >= 15 is 0 Å². The van der Waals surface area contributed by atoms with Crippen LogP contribution in [0.3, 0.4) is 0 Å². The average Bonchev–Trinajstić information content (AvgIpc) is 1.85. The first-order chi connectivity index (χ1) is 5.11. The van der Waals surface area contributed by atoms with Crippen molar-refractivity contribution in [3.8, 4) is 0 Å². The van der Waals surface area contributed by atoms with Gasteiger partial charge in [0.15, 0.2) is 6.20 Å². The second-order valence-corrected chi connectivity index (χ2v) is 3.37. The highest BCUT2D eigenvalue weighted by Crippen LogP contribution is 2.22. The predicted molar refractivity (Wildman–Crippen MR) is 48.6 cm³/mol. The lowest BCUT2D eigenvalue weighted by atomic mass is 10.5. The summed E-state index contributed by atoms with van der Waals surface area (Å²) in [6, 6.07) is 1.49. The second kappa shape index (κ2) is 3.31. The van der Waals surface area contributed by atoms with Crippen molar-refractivity contribution in [3.63, 3.8) is 0 Å². The molecular weight excluding hydrogens is 282 g/mol. The van der Waals surface area contributed by atoms with Gasteiger partial charge in [0.05, 0.1) is 3.57 Å². The van der Waals surface area contributed by atoms with Crippen molar-refractivity contribution in [1.82, 2.24) is 4.98 Å². The Balaban J connectivity index is 3.20. The summed E-state index contributed by atoms with van der Waals surface area (Å²) < 4.78 is 0.776. The highest BCUT2D eigenvalue weighted by molar-refractivity contribution is 14.1. The number of nitrogens with zero attached hydrogens (tertiary/aromatic N) is 2. The molecule has 0 saturated heterocycles. The number of pyridine rings is 1. The Bertz CT molecular complexity index is 305. The van der Waals surface area contributed by atoms with Crippen LogP contribution in [0, 0.1) is 13.7 Å². The number of halogens is 2. The lowest BCUT2D eigenvalue weighted by molar-refractivity contribution is -0.389. The maximum atomic E-state index is 10.2. The summed E-state index contributed by atoms with van der Waals surface area (Å²) in [4.78, 5) is 13.1. The van der Waals surface area contributed by atoms with Crippen LogP contribution in [0.2, 0.25) is 5.02 Å². The highest BCUT2D eigenvalue weighted by atomic mass is 127. The Morgan fingerprint density at radius 2 is 2.36 bits per heavy atom. The molecule has 0 aliphatic carbocycles. The van der Waals surface area contributed by atoms with E-state index in [9.17, 15) is 10.1 Å². The van der Waals surface area contributed by atoms with E-state index in [0.29, 0.717) is 0 Å². The molecule has 0 aliphatic heterocycles.